The first-order valence-corrected chi connectivity index (χ1v) is 7.03. The van der Waals surface area contributed by atoms with Crippen molar-refractivity contribution in [3.05, 3.63) is 22.4 Å². The van der Waals surface area contributed by atoms with E-state index < -0.39 is 0 Å². The van der Waals surface area contributed by atoms with Gasteiger partial charge in [0.25, 0.3) is 0 Å². The van der Waals surface area contributed by atoms with Crippen LogP contribution >= 0.6 is 11.3 Å². The third-order valence-electron chi connectivity index (χ3n) is 3.31. The summed E-state index contributed by atoms with van der Waals surface area (Å²) in [4.78, 5) is 1.47. The summed E-state index contributed by atoms with van der Waals surface area (Å²) >= 11 is 1.86. The SMILES string of the molecule is C[C@@H](NC1CCCCCC1)c1cccs1. The van der Waals surface area contributed by atoms with E-state index in [2.05, 4.69) is 29.8 Å². The predicted molar refractivity (Wildman–Crippen MR) is 67.4 cm³/mol. The van der Waals surface area contributed by atoms with Gasteiger partial charge in [-0.25, -0.2) is 0 Å². The average molecular weight is 223 g/mol. The van der Waals surface area contributed by atoms with Crippen molar-refractivity contribution in [1.29, 1.82) is 0 Å². The molecule has 2 heteroatoms. The summed E-state index contributed by atoms with van der Waals surface area (Å²) in [7, 11) is 0. The first-order valence-electron chi connectivity index (χ1n) is 6.16. The molecule has 1 fully saturated rings. The summed E-state index contributed by atoms with van der Waals surface area (Å²) in [5, 5.41) is 5.94. The Morgan fingerprint density at radius 2 is 2.00 bits per heavy atom. The van der Waals surface area contributed by atoms with Crippen molar-refractivity contribution in [1.82, 2.24) is 5.32 Å². The number of hydrogen-bond donors (Lipinski definition) is 1. The van der Waals surface area contributed by atoms with E-state index in [0.29, 0.717) is 6.04 Å². The molecule has 1 saturated carbocycles. The molecular weight excluding hydrogens is 202 g/mol. The second-order valence-corrected chi connectivity index (χ2v) is 5.57. The number of rotatable bonds is 3. The topological polar surface area (TPSA) is 12.0 Å². The Balaban J connectivity index is 1.84. The van der Waals surface area contributed by atoms with Gasteiger partial charge >= 0.3 is 0 Å². The fourth-order valence-electron chi connectivity index (χ4n) is 2.42. The highest BCUT2D eigenvalue weighted by molar-refractivity contribution is 7.10. The summed E-state index contributed by atoms with van der Waals surface area (Å²) in [6, 6.07) is 5.67. The fourth-order valence-corrected chi connectivity index (χ4v) is 3.16. The zero-order chi connectivity index (χ0) is 10.5. The van der Waals surface area contributed by atoms with Gasteiger partial charge in [-0.3, -0.25) is 0 Å². The Labute approximate surface area is 96.9 Å². The van der Waals surface area contributed by atoms with Gasteiger partial charge < -0.3 is 5.32 Å². The molecule has 1 aliphatic rings. The highest BCUT2D eigenvalue weighted by Gasteiger charge is 2.15. The van der Waals surface area contributed by atoms with Crippen LogP contribution in [-0.4, -0.2) is 6.04 Å². The van der Waals surface area contributed by atoms with E-state index in [4.69, 9.17) is 0 Å². The average Bonchev–Trinajstić information content (AvgIpc) is 2.65. The first-order chi connectivity index (χ1) is 7.36. The van der Waals surface area contributed by atoms with Gasteiger partial charge in [0.15, 0.2) is 0 Å². The molecule has 0 amide bonds. The molecule has 0 radical (unpaired) electrons. The molecule has 1 nitrogen and oxygen atoms in total. The molecule has 2 rings (SSSR count). The number of nitrogens with one attached hydrogen (secondary N) is 1. The highest BCUT2D eigenvalue weighted by atomic mass is 32.1. The Hall–Kier alpha value is -0.340. The molecule has 0 aliphatic heterocycles. The Bertz CT molecular complexity index is 260. The van der Waals surface area contributed by atoms with Gasteiger partial charge in [0.2, 0.25) is 0 Å². The van der Waals surface area contributed by atoms with Crippen LogP contribution in [0.3, 0.4) is 0 Å². The first kappa shape index (κ1) is 11.2. The van der Waals surface area contributed by atoms with Gasteiger partial charge in [0.1, 0.15) is 0 Å². The molecule has 1 heterocycles. The van der Waals surface area contributed by atoms with Crippen LogP contribution in [0.25, 0.3) is 0 Å². The zero-order valence-electron chi connectivity index (χ0n) is 9.54. The quantitative estimate of drug-likeness (QED) is 0.760. The van der Waals surface area contributed by atoms with Crippen molar-refractivity contribution in [3.8, 4) is 0 Å². The monoisotopic (exact) mass is 223 g/mol. The van der Waals surface area contributed by atoms with E-state index in [0.717, 1.165) is 6.04 Å². The van der Waals surface area contributed by atoms with Gasteiger partial charge in [-0.2, -0.15) is 0 Å². The van der Waals surface area contributed by atoms with Crippen molar-refractivity contribution in [3.63, 3.8) is 0 Å². The molecule has 84 valence electrons. The largest absolute Gasteiger partial charge is 0.307 e. The second kappa shape index (κ2) is 5.66. The van der Waals surface area contributed by atoms with Gasteiger partial charge in [-0.1, -0.05) is 31.7 Å². The Morgan fingerprint density at radius 3 is 2.60 bits per heavy atom. The molecule has 1 N–H and O–H groups in total. The smallest absolute Gasteiger partial charge is 0.0388 e. The van der Waals surface area contributed by atoms with E-state index in [1.165, 1.54) is 43.4 Å². The molecule has 0 spiro atoms. The second-order valence-electron chi connectivity index (χ2n) is 4.59. The number of hydrogen-bond acceptors (Lipinski definition) is 2. The fraction of sp³-hybridized carbons (Fsp3) is 0.692. The Morgan fingerprint density at radius 1 is 1.27 bits per heavy atom. The molecule has 0 saturated heterocycles. The minimum Gasteiger partial charge on any atom is -0.307 e. The maximum absolute atomic E-state index is 3.77. The summed E-state index contributed by atoms with van der Waals surface area (Å²) in [6.07, 6.45) is 8.44. The van der Waals surface area contributed by atoms with Crippen molar-refractivity contribution in [2.24, 2.45) is 0 Å². The van der Waals surface area contributed by atoms with Crippen LogP contribution in [0, 0.1) is 0 Å². The minimum absolute atomic E-state index is 0.535. The van der Waals surface area contributed by atoms with Gasteiger partial charge in [-0.15, -0.1) is 11.3 Å². The zero-order valence-corrected chi connectivity index (χ0v) is 10.4. The number of thiophene rings is 1. The van der Waals surface area contributed by atoms with Crippen LogP contribution in [0.4, 0.5) is 0 Å². The van der Waals surface area contributed by atoms with Crippen LogP contribution in [0.2, 0.25) is 0 Å². The van der Waals surface area contributed by atoms with Gasteiger partial charge in [0.05, 0.1) is 0 Å². The van der Waals surface area contributed by atoms with Crippen molar-refractivity contribution >= 4 is 11.3 Å². The van der Waals surface area contributed by atoms with Crippen molar-refractivity contribution in [2.45, 2.75) is 57.5 Å². The lowest BCUT2D eigenvalue weighted by Gasteiger charge is -2.21. The molecule has 0 aromatic carbocycles. The van der Waals surface area contributed by atoms with E-state index in [-0.39, 0.29) is 0 Å². The molecule has 1 aliphatic carbocycles. The van der Waals surface area contributed by atoms with E-state index >= 15 is 0 Å². The standard InChI is InChI=1S/C13H21NS/c1-11(13-9-6-10-15-13)14-12-7-4-2-3-5-8-12/h6,9-12,14H,2-5,7-8H2,1H3/t11-/m1/s1. The highest BCUT2D eigenvalue weighted by Crippen LogP contribution is 2.23. The van der Waals surface area contributed by atoms with Crippen LogP contribution in [-0.2, 0) is 0 Å². The third kappa shape index (κ3) is 3.32. The normalized spacial score (nSPS) is 21.1. The van der Waals surface area contributed by atoms with Crippen LogP contribution in [0.1, 0.15) is 56.4 Å². The molecule has 0 bridgehead atoms. The van der Waals surface area contributed by atoms with E-state index in [9.17, 15) is 0 Å². The summed E-state index contributed by atoms with van der Waals surface area (Å²) in [5.74, 6) is 0. The Kier molecular flexibility index (Phi) is 4.21. The summed E-state index contributed by atoms with van der Waals surface area (Å²) < 4.78 is 0. The molecule has 15 heavy (non-hydrogen) atoms. The lowest BCUT2D eigenvalue weighted by molar-refractivity contribution is 0.417. The molecule has 1 aromatic rings. The van der Waals surface area contributed by atoms with Crippen molar-refractivity contribution in [2.75, 3.05) is 0 Å². The summed E-state index contributed by atoms with van der Waals surface area (Å²) in [6.45, 7) is 2.29. The minimum atomic E-state index is 0.535. The van der Waals surface area contributed by atoms with Crippen LogP contribution in [0.5, 0.6) is 0 Å². The van der Waals surface area contributed by atoms with Crippen LogP contribution < -0.4 is 5.32 Å². The molecule has 1 aromatic heterocycles. The maximum atomic E-state index is 3.77. The molecular formula is C13H21NS. The van der Waals surface area contributed by atoms with E-state index in [1.807, 2.05) is 11.3 Å². The van der Waals surface area contributed by atoms with E-state index in [1.54, 1.807) is 0 Å². The van der Waals surface area contributed by atoms with Crippen LogP contribution in [0.15, 0.2) is 17.5 Å². The lowest BCUT2D eigenvalue weighted by atomic mass is 10.1. The third-order valence-corrected chi connectivity index (χ3v) is 4.37. The van der Waals surface area contributed by atoms with Gasteiger partial charge in [-0.05, 0) is 31.2 Å². The van der Waals surface area contributed by atoms with Crippen molar-refractivity contribution < 1.29 is 0 Å². The molecule has 1 atom stereocenters. The maximum Gasteiger partial charge on any atom is 0.0388 e. The van der Waals surface area contributed by atoms with Gasteiger partial charge in [0, 0.05) is 17.0 Å². The lowest BCUT2D eigenvalue weighted by Crippen LogP contribution is -2.30. The molecule has 0 unspecified atom stereocenters. The summed E-state index contributed by atoms with van der Waals surface area (Å²) in [5.41, 5.74) is 0. The predicted octanol–water partition coefficient (Wildman–Crippen LogP) is 4.12.